The van der Waals surface area contributed by atoms with E-state index in [9.17, 15) is 28.0 Å². The van der Waals surface area contributed by atoms with Crippen LogP contribution in [0.15, 0.2) is 5.16 Å². The van der Waals surface area contributed by atoms with Gasteiger partial charge in [0, 0.05) is 35.8 Å². The molecule has 9 heteroatoms. The van der Waals surface area contributed by atoms with Crippen molar-refractivity contribution in [2.75, 3.05) is 18.1 Å². The molecule has 0 heterocycles. The molecular formula is C23H33F3N2O3S. The van der Waals surface area contributed by atoms with Crippen LogP contribution in [0.1, 0.15) is 64.7 Å². The summed E-state index contributed by atoms with van der Waals surface area (Å²) in [5.74, 6) is 0.727. The lowest BCUT2D eigenvalue weighted by molar-refractivity contribution is -0.173. The Bertz CT molecular complexity index is 789. The van der Waals surface area contributed by atoms with Gasteiger partial charge >= 0.3 is 12.1 Å². The molecule has 2 N–H and O–H groups in total. The third kappa shape index (κ3) is 3.96. The predicted molar refractivity (Wildman–Crippen MR) is 117 cm³/mol. The van der Waals surface area contributed by atoms with Crippen LogP contribution >= 0.6 is 11.8 Å². The Labute approximate surface area is 191 Å². The molecule has 4 rings (SSSR count). The van der Waals surface area contributed by atoms with E-state index in [1.165, 1.54) is 24.6 Å². The largest absolute Gasteiger partial charge is 0.471 e. The summed E-state index contributed by atoms with van der Waals surface area (Å²) in [6, 6.07) is 0. The van der Waals surface area contributed by atoms with Crippen LogP contribution in [0.3, 0.4) is 0 Å². The number of nitrogens with one attached hydrogen (secondary N) is 1. The van der Waals surface area contributed by atoms with Gasteiger partial charge in [0.25, 0.3) is 0 Å². The Morgan fingerprint density at radius 2 is 2.00 bits per heavy atom. The SMILES string of the molecule is C[C@]12CCCCC1/C(=N/O)C[C@H]1[C@@H]3CCC(=O)[C@@]3(CSCCNC(=O)C(F)(F)F)CC[C@@H]12. The summed E-state index contributed by atoms with van der Waals surface area (Å²) in [5.41, 5.74) is 0.597. The normalized spacial score (nSPS) is 40.5. The minimum Gasteiger partial charge on any atom is -0.411 e. The zero-order valence-electron chi connectivity index (χ0n) is 18.5. The number of halogens is 3. The smallest absolute Gasteiger partial charge is 0.411 e. The molecule has 5 nitrogen and oxygen atoms in total. The molecule has 4 fully saturated rings. The molecule has 0 saturated heterocycles. The molecule has 180 valence electrons. The number of ketones is 1. The van der Waals surface area contributed by atoms with Gasteiger partial charge in [-0.25, -0.2) is 0 Å². The highest BCUT2D eigenvalue weighted by Crippen LogP contribution is 2.65. The first-order valence-corrected chi connectivity index (χ1v) is 13.0. The van der Waals surface area contributed by atoms with Crippen LogP contribution in [-0.2, 0) is 9.59 Å². The molecule has 6 atom stereocenters. The van der Waals surface area contributed by atoms with E-state index >= 15 is 0 Å². The van der Waals surface area contributed by atoms with Gasteiger partial charge in [-0.05, 0) is 61.7 Å². The van der Waals surface area contributed by atoms with E-state index in [-0.39, 0.29) is 23.7 Å². The molecule has 0 aromatic heterocycles. The third-order valence-corrected chi connectivity index (χ3v) is 10.3. The first-order valence-electron chi connectivity index (χ1n) is 11.8. The highest BCUT2D eigenvalue weighted by atomic mass is 32.2. The van der Waals surface area contributed by atoms with Crippen LogP contribution in [0.4, 0.5) is 13.2 Å². The second-order valence-corrected chi connectivity index (χ2v) is 11.5. The summed E-state index contributed by atoms with van der Waals surface area (Å²) < 4.78 is 37.1. The van der Waals surface area contributed by atoms with Gasteiger partial charge in [-0.15, -0.1) is 0 Å². The number of thioether (sulfide) groups is 1. The fourth-order valence-electron chi connectivity index (χ4n) is 7.67. The third-order valence-electron chi connectivity index (χ3n) is 9.11. The average molecular weight is 475 g/mol. The molecule has 1 unspecified atom stereocenters. The van der Waals surface area contributed by atoms with Crippen LogP contribution in [0.5, 0.6) is 0 Å². The first kappa shape index (κ1) is 23.9. The number of oxime groups is 1. The average Bonchev–Trinajstić information content (AvgIpc) is 3.08. The van der Waals surface area contributed by atoms with E-state index < -0.39 is 17.5 Å². The molecule has 0 bridgehead atoms. The number of rotatable bonds is 5. The number of hydrogen-bond acceptors (Lipinski definition) is 5. The molecule has 0 spiro atoms. The number of carbonyl (C=O) groups is 2. The van der Waals surface area contributed by atoms with Crippen molar-refractivity contribution in [1.82, 2.24) is 5.32 Å². The quantitative estimate of drug-likeness (QED) is 0.340. The fourth-order valence-corrected chi connectivity index (χ4v) is 8.95. The van der Waals surface area contributed by atoms with Gasteiger partial charge in [0.1, 0.15) is 5.78 Å². The highest BCUT2D eigenvalue weighted by molar-refractivity contribution is 7.99. The summed E-state index contributed by atoms with van der Waals surface area (Å²) in [6.07, 6.45) is 3.72. The second kappa shape index (κ2) is 8.84. The Balaban J connectivity index is 1.45. The van der Waals surface area contributed by atoms with E-state index in [1.54, 1.807) is 0 Å². The van der Waals surface area contributed by atoms with Crippen LogP contribution in [0.2, 0.25) is 0 Å². The maximum Gasteiger partial charge on any atom is 0.471 e. The molecule has 32 heavy (non-hydrogen) atoms. The van der Waals surface area contributed by atoms with Gasteiger partial charge in [0.2, 0.25) is 0 Å². The van der Waals surface area contributed by atoms with E-state index in [2.05, 4.69) is 12.1 Å². The summed E-state index contributed by atoms with van der Waals surface area (Å²) in [7, 11) is 0. The van der Waals surface area contributed by atoms with Gasteiger partial charge in [0.15, 0.2) is 0 Å². The zero-order chi connectivity index (χ0) is 23.1. The van der Waals surface area contributed by atoms with Gasteiger partial charge in [-0.3, -0.25) is 9.59 Å². The molecule has 4 aliphatic carbocycles. The summed E-state index contributed by atoms with van der Waals surface area (Å²) in [4.78, 5) is 24.1. The second-order valence-electron chi connectivity index (χ2n) is 10.4. The molecule has 4 aliphatic rings. The van der Waals surface area contributed by atoms with Gasteiger partial charge in [0.05, 0.1) is 5.71 Å². The lowest BCUT2D eigenvalue weighted by Crippen LogP contribution is -2.57. The standard InChI is InChI=1S/C23H33F3N2O3S/c1-21-8-3-2-4-17(21)18(28-31)12-14-15(21)7-9-22(16(14)5-6-19(22)29)13-32-11-10-27-20(30)23(24,25)26/h14-17,31H,2-13H2,1H3,(H,27,30)/b28-18+/t14-,15+,16+,17?,21-,22-/m1/s1. The van der Waals surface area contributed by atoms with Gasteiger partial charge in [-0.1, -0.05) is 24.9 Å². The van der Waals surface area contributed by atoms with Crippen LogP contribution < -0.4 is 5.32 Å². The van der Waals surface area contributed by atoms with Gasteiger partial charge in [-0.2, -0.15) is 24.9 Å². The van der Waals surface area contributed by atoms with Crippen LogP contribution in [-0.4, -0.2) is 46.8 Å². The van der Waals surface area contributed by atoms with Crippen molar-refractivity contribution in [3.8, 4) is 0 Å². The Hall–Kier alpha value is -1.25. The fraction of sp³-hybridized carbons (Fsp3) is 0.870. The topological polar surface area (TPSA) is 78.8 Å². The number of fused-ring (bicyclic) bond motifs is 5. The van der Waals surface area contributed by atoms with Crippen molar-refractivity contribution in [2.45, 2.75) is 70.9 Å². The number of alkyl halides is 3. The minimum atomic E-state index is -4.87. The summed E-state index contributed by atoms with van der Waals surface area (Å²) in [6.45, 7) is 2.30. The number of Topliss-reactive ketones (excluding diaryl/α,β-unsaturated/α-hetero) is 1. The summed E-state index contributed by atoms with van der Waals surface area (Å²) in [5, 5.41) is 15.4. The van der Waals surface area contributed by atoms with E-state index in [4.69, 9.17) is 0 Å². The zero-order valence-corrected chi connectivity index (χ0v) is 19.4. The Morgan fingerprint density at radius 1 is 1.22 bits per heavy atom. The minimum absolute atomic E-state index is 0.0644. The molecule has 0 aromatic carbocycles. The first-order chi connectivity index (χ1) is 15.1. The lowest BCUT2D eigenvalue weighted by Gasteiger charge is -2.59. The Kier molecular flexibility index (Phi) is 6.60. The molecular weight excluding hydrogens is 441 g/mol. The predicted octanol–water partition coefficient (Wildman–Crippen LogP) is 4.82. The Morgan fingerprint density at radius 3 is 2.72 bits per heavy atom. The number of nitrogens with zero attached hydrogens (tertiary/aromatic N) is 1. The van der Waals surface area contributed by atoms with Crippen molar-refractivity contribution < 1.29 is 28.0 Å². The van der Waals surface area contributed by atoms with Crippen LogP contribution in [0.25, 0.3) is 0 Å². The number of carbonyl (C=O) groups excluding carboxylic acids is 2. The molecule has 4 saturated carbocycles. The monoisotopic (exact) mass is 474 g/mol. The molecule has 0 aliphatic heterocycles. The van der Waals surface area contributed by atoms with Crippen LogP contribution in [0, 0.1) is 34.5 Å². The maximum absolute atomic E-state index is 13.1. The lowest BCUT2D eigenvalue weighted by atomic mass is 9.45. The molecule has 0 radical (unpaired) electrons. The van der Waals surface area contributed by atoms with Gasteiger partial charge < -0.3 is 10.5 Å². The number of amides is 1. The van der Waals surface area contributed by atoms with Crippen molar-refractivity contribution in [3.05, 3.63) is 0 Å². The molecule has 0 aromatic rings. The van der Waals surface area contributed by atoms with E-state index in [1.807, 2.05) is 5.32 Å². The van der Waals surface area contributed by atoms with E-state index in [0.717, 1.165) is 44.2 Å². The van der Waals surface area contributed by atoms with Crippen molar-refractivity contribution in [2.24, 2.45) is 39.7 Å². The van der Waals surface area contributed by atoms with Crippen molar-refractivity contribution in [3.63, 3.8) is 0 Å². The maximum atomic E-state index is 13.1. The molecule has 1 amide bonds. The van der Waals surface area contributed by atoms with Crippen molar-refractivity contribution in [1.29, 1.82) is 0 Å². The summed E-state index contributed by atoms with van der Waals surface area (Å²) >= 11 is 1.47. The van der Waals surface area contributed by atoms with Crippen molar-refractivity contribution >= 4 is 29.2 Å². The number of hydrogen-bond donors (Lipinski definition) is 2. The highest BCUT2D eigenvalue weighted by Gasteiger charge is 2.62. The van der Waals surface area contributed by atoms with E-state index in [0.29, 0.717) is 35.7 Å².